The lowest BCUT2D eigenvalue weighted by Crippen LogP contribution is -2.42. The molecule has 1 aliphatic rings. The third-order valence-electron chi connectivity index (χ3n) is 4.36. The first kappa shape index (κ1) is 22.1. The average Bonchev–Trinajstić information content (AvgIpc) is 3.37. The maximum atomic E-state index is 5.31. The number of furan rings is 1. The minimum Gasteiger partial charge on any atom is -0.461 e. The number of aromatic nitrogens is 3. The predicted molar refractivity (Wildman–Crippen MR) is 122 cm³/mol. The predicted octanol–water partition coefficient (Wildman–Crippen LogP) is 3.45. The quantitative estimate of drug-likeness (QED) is 0.290. The Labute approximate surface area is 182 Å². The molecule has 9 heteroatoms. The topological polar surface area (TPSA) is 91.1 Å². The van der Waals surface area contributed by atoms with Crippen LogP contribution >= 0.6 is 35.7 Å². The van der Waals surface area contributed by atoms with Crippen molar-refractivity contribution in [2.75, 3.05) is 18.8 Å². The Hall–Kier alpha value is -1.23. The van der Waals surface area contributed by atoms with Crippen LogP contribution in [0.25, 0.3) is 11.6 Å². The number of thioether (sulfide) groups is 1. The van der Waals surface area contributed by atoms with Crippen molar-refractivity contribution in [1.82, 2.24) is 25.8 Å². The highest BCUT2D eigenvalue weighted by molar-refractivity contribution is 14.0. The summed E-state index contributed by atoms with van der Waals surface area (Å²) in [4.78, 5) is 9.15. The van der Waals surface area contributed by atoms with E-state index >= 15 is 0 Å². The van der Waals surface area contributed by atoms with E-state index < -0.39 is 0 Å². The van der Waals surface area contributed by atoms with Crippen LogP contribution in [-0.4, -0.2) is 51.3 Å². The first-order valence-electron chi connectivity index (χ1n) is 9.40. The molecule has 2 unspecified atom stereocenters. The maximum absolute atomic E-state index is 5.31. The molecule has 0 radical (unpaired) electrons. The van der Waals surface area contributed by atoms with Crippen molar-refractivity contribution in [2.45, 2.75) is 50.8 Å². The number of hydrogen-bond acceptors (Lipinski definition) is 5. The second kappa shape index (κ2) is 11.6. The summed E-state index contributed by atoms with van der Waals surface area (Å²) in [5, 5.41) is 14.9. The molecule has 1 aliphatic carbocycles. The van der Waals surface area contributed by atoms with Crippen molar-refractivity contribution in [3.05, 3.63) is 24.2 Å². The number of hydrogen-bond donors (Lipinski definition) is 3. The van der Waals surface area contributed by atoms with E-state index in [1.54, 1.807) is 6.26 Å². The second-order valence-electron chi connectivity index (χ2n) is 6.33. The average molecular weight is 504 g/mol. The Kier molecular flexibility index (Phi) is 9.46. The lowest BCUT2D eigenvalue weighted by Gasteiger charge is -2.17. The minimum absolute atomic E-state index is 0. The van der Waals surface area contributed by atoms with E-state index in [1.807, 2.05) is 12.1 Å². The Balaban J connectivity index is 0.00000261. The van der Waals surface area contributed by atoms with E-state index in [0.29, 0.717) is 30.6 Å². The summed E-state index contributed by atoms with van der Waals surface area (Å²) in [5.41, 5.74) is 0. The van der Waals surface area contributed by atoms with Crippen LogP contribution in [0.2, 0.25) is 0 Å². The lowest BCUT2D eigenvalue weighted by atomic mass is 10.2. The third kappa shape index (κ3) is 6.70. The van der Waals surface area contributed by atoms with Crippen molar-refractivity contribution >= 4 is 41.7 Å². The molecule has 3 rings (SSSR count). The number of halogens is 1. The van der Waals surface area contributed by atoms with Gasteiger partial charge in [-0.2, -0.15) is 16.9 Å². The van der Waals surface area contributed by atoms with Crippen molar-refractivity contribution in [3.8, 4) is 11.6 Å². The Morgan fingerprint density at radius 3 is 3.04 bits per heavy atom. The maximum Gasteiger partial charge on any atom is 0.216 e. The molecule has 150 valence electrons. The number of rotatable bonds is 8. The molecule has 2 heterocycles. The fourth-order valence-electron chi connectivity index (χ4n) is 3.17. The van der Waals surface area contributed by atoms with Crippen LogP contribution in [0.15, 0.2) is 27.8 Å². The molecule has 2 atom stereocenters. The van der Waals surface area contributed by atoms with Crippen molar-refractivity contribution in [3.63, 3.8) is 0 Å². The summed E-state index contributed by atoms with van der Waals surface area (Å²) in [6.45, 7) is 5.84. The van der Waals surface area contributed by atoms with Gasteiger partial charge in [0.2, 0.25) is 5.82 Å². The molecule has 0 aliphatic heterocycles. The molecule has 0 amide bonds. The molecule has 27 heavy (non-hydrogen) atoms. The van der Waals surface area contributed by atoms with Gasteiger partial charge in [-0.05, 0) is 44.1 Å². The SMILES string of the molecule is CCNC(=NCCc1nc(-c2ccco2)n[nH]1)NC1CCC(SCC)C1.I. The number of nitrogens with zero attached hydrogens (tertiary/aromatic N) is 3. The van der Waals surface area contributed by atoms with Crippen molar-refractivity contribution in [2.24, 2.45) is 4.99 Å². The van der Waals surface area contributed by atoms with Crippen LogP contribution in [0.1, 0.15) is 38.9 Å². The molecule has 0 bridgehead atoms. The fourth-order valence-corrected chi connectivity index (χ4v) is 4.31. The summed E-state index contributed by atoms with van der Waals surface area (Å²) in [7, 11) is 0. The Morgan fingerprint density at radius 1 is 1.41 bits per heavy atom. The summed E-state index contributed by atoms with van der Waals surface area (Å²) in [5.74, 6) is 4.17. The zero-order chi connectivity index (χ0) is 18.2. The lowest BCUT2D eigenvalue weighted by molar-refractivity contribution is 0.577. The van der Waals surface area contributed by atoms with E-state index in [0.717, 1.165) is 23.6 Å². The number of aromatic amines is 1. The number of nitrogens with one attached hydrogen (secondary N) is 3. The van der Waals surface area contributed by atoms with Gasteiger partial charge in [0.05, 0.1) is 6.26 Å². The molecule has 1 saturated carbocycles. The number of H-pyrrole nitrogens is 1. The first-order chi connectivity index (χ1) is 12.8. The molecule has 1 fully saturated rings. The van der Waals surface area contributed by atoms with Gasteiger partial charge in [-0.25, -0.2) is 4.98 Å². The molecular weight excluding hydrogens is 475 g/mol. The van der Waals surface area contributed by atoms with Crippen molar-refractivity contribution < 1.29 is 4.42 Å². The van der Waals surface area contributed by atoms with Gasteiger partial charge in [0, 0.05) is 30.8 Å². The van der Waals surface area contributed by atoms with Gasteiger partial charge in [0.25, 0.3) is 0 Å². The fraction of sp³-hybridized carbons (Fsp3) is 0.611. The molecule has 2 aromatic heterocycles. The molecule has 0 spiro atoms. The smallest absolute Gasteiger partial charge is 0.216 e. The molecule has 7 nitrogen and oxygen atoms in total. The van der Waals surface area contributed by atoms with Crippen LogP contribution in [0, 0.1) is 0 Å². The normalized spacial score (nSPS) is 19.7. The van der Waals surface area contributed by atoms with Gasteiger partial charge < -0.3 is 15.1 Å². The van der Waals surface area contributed by atoms with Gasteiger partial charge in [-0.15, -0.1) is 24.0 Å². The van der Waals surface area contributed by atoms with E-state index in [4.69, 9.17) is 9.41 Å². The van der Waals surface area contributed by atoms with Crippen LogP contribution in [0.4, 0.5) is 0 Å². The minimum atomic E-state index is 0. The van der Waals surface area contributed by atoms with Gasteiger partial charge in [0.15, 0.2) is 11.7 Å². The van der Waals surface area contributed by atoms with Gasteiger partial charge in [-0.3, -0.25) is 10.1 Å². The second-order valence-corrected chi connectivity index (χ2v) is 7.90. The summed E-state index contributed by atoms with van der Waals surface area (Å²) in [6.07, 6.45) is 6.07. The molecular formula is C18H29IN6OS. The zero-order valence-electron chi connectivity index (χ0n) is 15.9. The van der Waals surface area contributed by atoms with Crippen LogP contribution < -0.4 is 10.6 Å². The van der Waals surface area contributed by atoms with Crippen LogP contribution in [0.3, 0.4) is 0 Å². The van der Waals surface area contributed by atoms with Crippen LogP contribution in [-0.2, 0) is 6.42 Å². The highest BCUT2D eigenvalue weighted by Gasteiger charge is 2.25. The number of aliphatic imine (C=N–C) groups is 1. The molecule has 2 aromatic rings. The van der Waals surface area contributed by atoms with E-state index in [2.05, 4.69) is 51.4 Å². The molecule has 0 aromatic carbocycles. The van der Waals surface area contributed by atoms with Crippen LogP contribution in [0.5, 0.6) is 0 Å². The van der Waals surface area contributed by atoms with Gasteiger partial charge in [-0.1, -0.05) is 6.92 Å². The summed E-state index contributed by atoms with van der Waals surface area (Å²) in [6, 6.07) is 4.20. The monoisotopic (exact) mass is 504 g/mol. The zero-order valence-corrected chi connectivity index (χ0v) is 19.0. The van der Waals surface area contributed by atoms with E-state index in [9.17, 15) is 0 Å². The van der Waals surface area contributed by atoms with Crippen molar-refractivity contribution in [1.29, 1.82) is 0 Å². The number of guanidine groups is 1. The Bertz CT molecular complexity index is 690. The first-order valence-corrected chi connectivity index (χ1v) is 10.4. The Morgan fingerprint density at radius 2 is 2.30 bits per heavy atom. The highest BCUT2D eigenvalue weighted by atomic mass is 127. The van der Waals surface area contributed by atoms with Gasteiger partial charge in [0.1, 0.15) is 5.82 Å². The van der Waals surface area contributed by atoms with E-state index in [1.165, 1.54) is 25.0 Å². The largest absolute Gasteiger partial charge is 0.461 e. The molecule has 3 N–H and O–H groups in total. The highest BCUT2D eigenvalue weighted by Crippen LogP contribution is 2.29. The standard InChI is InChI=1S/C18H28N6OS.HI/c1-3-19-18(21-13-7-8-14(12-13)26-4-2)20-10-9-16-22-17(24-23-16)15-6-5-11-25-15;/h5-6,11,13-14H,3-4,7-10,12H2,1-2H3,(H2,19,20,21)(H,22,23,24);1H. The molecule has 0 saturated heterocycles. The summed E-state index contributed by atoms with van der Waals surface area (Å²) >= 11 is 2.07. The van der Waals surface area contributed by atoms with E-state index in [-0.39, 0.29) is 24.0 Å². The third-order valence-corrected chi connectivity index (χ3v) is 5.60. The summed E-state index contributed by atoms with van der Waals surface area (Å²) < 4.78 is 5.31. The van der Waals surface area contributed by atoms with Gasteiger partial charge >= 0.3 is 0 Å².